The largest absolute Gasteiger partial charge is 0.463 e. The van der Waals surface area contributed by atoms with Crippen LogP contribution in [0.3, 0.4) is 0 Å². The molecule has 1 saturated heterocycles. The molecule has 1 fully saturated rings. The van der Waals surface area contributed by atoms with Crippen molar-refractivity contribution in [3.8, 4) is 0 Å². The van der Waals surface area contributed by atoms with E-state index >= 15 is 0 Å². The molecule has 198 valence electrons. The van der Waals surface area contributed by atoms with Gasteiger partial charge in [0.15, 0.2) is 0 Å². The first-order chi connectivity index (χ1) is 16.5. The fourth-order valence-electron chi connectivity index (χ4n) is 2.00. The first-order valence-electron chi connectivity index (χ1n) is 10.9. The topological polar surface area (TPSA) is 158 Å². The highest BCUT2D eigenvalue weighted by molar-refractivity contribution is 5.99. The number of ether oxygens (including phenoxy) is 4. The van der Waals surface area contributed by atoms with Gasteiger partial charge in [0.25, 0.3) is 0 Å². The van der Waals surface area contributed by atoms with Crippen molar-refractivity contribution in [3.63, 3.8) is 0 Å². The molecule has 2 amide bonds. The number of hydrogen-bond donors (Lipinski definition) is 2. The molecule has 2 N–H and O–H groups in total. The summed E-state index contributed by atoms with van der Waals surface area (Å²) in [7, 11) is 0. The van der Waals surface area contributed by atoms with Gasteiger partial charge in [-0.3, -0.25) is 9.69 Å². The minimum Gasteiger partial charge on any atom is -0.463 e. The molecule has 0 bridgehead atoms. The fraction of sp³-hybridized carbons (Fsp3) is 0.522. The summed E-state index contributed by atoms with van der Waals surface area (Å²) in [5, 5.41) is 11.5. The first kappa shape index (κ1) is 33.5. The summed E-state index contributed by atoms with van der Waals surface area (Å²) in [5.41, 5.74) is -0.183. The van der Waals surface area contributed by atoms with Gasteiger partial charge >= 0.3 is 29.9 Å². The van der Waals surface area contributed by atoms with E-state index in [4.69, 9.17) is 14.6 Å². The number of rotatable bonds is 11. The Morgan fingerprint density at radius 1 is 1.14 bits per heavy atom. The summed E-state index contributed by atoms with van der Waals surface area (Å²) >= 11 is 0. The molecule has 0 aromatic heterocycles. The maximum Gasteiger partial charge on any atom is 0.355 e. The zero-order chi connectivity index (χ0) is 27.2. The second-order valence-electron chi connectivity index (χ2n) is 6.61. The Morgan fingerprint density at radius 2 is 1.80 bits per heavy atom. The number of hydrogen-bond acceptors (Lipinski definition) is 10. The summed E-state index contributed by atoms with van der Waals surface area (Å²) in [5.74, 6) is -2.26. The van der Waals surface area contributed by atoms with Crippen LogP contribution in [0.2, 0.25) is 0 Å². The molecule has 0 aromatic rings. The number of carbonyl (C=O) groups is 5. The molecule has 0 aromatic carbocycles. The molecule has 1 aliphatic rings. The Morgan fingerprint density at radius 3 is 2.20 bits per heavy atom. The quantitative estimate of drug-likeness (QED) is 0.140. The van der Waals surface area contributed by atoms with E-state index in [1.54, 1.807) is 6.92 Å². The second kappa shape index (κ2) is 20.9. The Bertz CT molecular complexity index is 747. The summed E-state index contributed by atoms with van der Waals surface area (Å²) in [6.07, 6.45) is 4.33. The third kappa shape index (κ3) is 18.4. The highest BCUT2D eigenvalue weighted by Gasteiger charge is 2.29. The van der Waals surface area contributed by atoms with E-state index in [-0.39, 0.29) is 37.4 Å². The summed E-state index contributed by atoms with van der Waals surface area (Å²) in [4.78, 5) is 56.1. The molecule has 1 heterocycles. The fourth-order valence-corrected chi connectivity index (χ4v) is 2.00. The van der Waals surface area contributed by atoms with Crippen LogP contribution in [0.15, 0.2) is 37.3 Å². The number of amides is 2. The van der Waals surface area contributed by atoms with E-state index in [0.29, 0.717) is 13.2 Å². The summed E-state index contributed by atoms with van der Waals surface area (Å²) in [6.45, 7) is 13.9. The van der Waals surface area contributed by atoms with Gasteiger partial charge in [-0.1, -0.05) is 26.5 Å². The van der Waals surface area contributed by atoms with Crippen LogP contribution in [0.5, 0.6) is 0 Å². The van der Waals surface area contributed by atoms with E-state index in [2.05, 4.69) is 27.9 Å². The number of nitrogens with zero attached hydrogens (tertiary/aromatic N) is 1. The van der Waals surface area contributed by atoms with Crippen molar-refractivity contribution < 1.29 is 48.0 Å². The lowest BCUT2D eigenvalue weighted by Gasteiger charge is -2.16. The Hall–Kier alpha value is -3.67. The summed E-state index contributed by atoms with van der Waals surface area (Å²) < 4.78 is 18.4. The van der Waals surface area contributed by atoms with Crippen LogP contribution < -0.4 is 5.32 Å². The van der Waals surface area contributed by atoms with Crippen LogP contribution in [-0.2, 0) is 38.1 Å². The third-order valence-corrected chi connectivity index (χ3v) is 3.51. The Balaban J connectivity index is 0. The highest BCUT2D eigenvalue weighted by Crippen LogP contribution is 2.11. The lowest BCUT2D eigenvalue weighted by atomic mass is 10.3. The second-order valence-corrected chi connectivity index (χ2v) is 6.61. The van der Waals surface area contributed by atoms with E-state index in [1.165, 1.54) is 19.9 Å². The van der Waals surface area contributed by atoms with Crippen molar-refractivity contribution in [2.45, 2.75) is 46.6 Å². The highest BCUT2D eigenvalue weighted by atomic mass is 16.5. The number of unbranched alkanes of at least 4 members (excludes halogenated alkanes) is 1. The van der Waals surface area contributed by atoms with Crippen LogP contribution in [0.1, 0.15) is 40.5 Å². The van der Waals surface area contributed by atoms with E-state index in [0.717, 1.165) is 30.1 Å². The van der Waals surface area contributed by atoms with Gasteiger partial charge in [-0.15, -0.1) is 0 Å². The molecule has 1 rings (SSSR count). The molecular formula is C23H36N2O10. The van der Waals surface area contributed by atoms with E-state index in [1.807, 2.05) is 6.92 Å². The van der Waals surface area contributed by atoms with Gasteiger partial charge in [0.2, 0.25) is 0 Å². The van der Waals surface area contributed by atoms with Gasteiger partial charge in [-0.05, 0) is 20.3 Å². The molecule has 1 atom stereocenters. The number of aliphatic hydroxyl groups excluding tert-OH is 1. The molecule has 12 heteroatoms. The van der Waals surface area contributed by atoms with Crippen LogP contribution in [0.4, 0.5) is 4.79 Å². The van der Waals surface area contributed by atoms with Gasteiger partial charge in [0.1, 0.15) is 12.3 Å². The predicted octanol–water partition coefficient (Wildman–Crippen LogP) is 1.59. The van der Waals surface area contributed by atoms with Crippen molar-refractivity contribution in [3.05, 3.63) is 37.3 Å². The molecule has 35 heavy (non-hydrogen) atoms. The zero-order valence-corrected chi connectivity index (χ0v) is 20.7. The monoisotopic (exact) mass is 500 g/mol. The number of urea groups is 1. The van der Waals surface area contributed by atoms with Gasteiger partial charge in [0.05, 0.1) is 31.7 Å². The average molecular weight is 501 g/mol. The molecule has 0 saturated carbocycles. The standard InChI is InChI=1S/C12H18N2O6.C7H12O2.C4H6O2/c1-3-19-11(17)9(14-5-4-13-12(14)18)6-10(16)20-7-8(2)15;1-3-5-6-9-7(8)4-2;1-3-6-4(2)5/h6,8,15H,3-5,7H2,1-2H3,(H,13,18);4H,2-3,5-6H2,1H3;3H,1H2,2H3. The van der Waals surface area contributed by atoms with Gasteiger partial charge in [0, 0.05) is 26.1 Å². The number of aliphatic hydroxyl groups is 1. The molecule has 1 unspecified atom stereocenters. The minimum atomic E-state index is -0.825. The number of nitrogens with one attached hydrogen (secondary N) is 1. The van der Waals surface area contributed by atoms with Crippen molar-refractivity contribution >= 4 is 29.9 Å². The molecule has 0 radical (unpaired) electrons. The van der Waals surface area contributed by atoms with E-state index in [9.17, 15) is 24.0 Å². The lowest BCUT2D eigenvalue weighted by Crippen LogP contribution is -2.33. The van der Waals surface area contributed by atoms with Crippen molar-refractivity contribution in [2.24, 2.45) is 0 Å². The van der Waals surface area contributed by atoms with Crippen LogP contribution in [0, 0.1) is 0 Å². The number of esters is 4. The predicted molar refractivity (Wildman–Crippen MR) is 125 cm³/mol. The van der Waals surface area contributed by atoms with Crippen LogP contribution >= 0.6 is 0 Å². The average Bonchev–Trinajstić information content (AvgIpc) is 3.22. The smallest absolute Gasteiger partial charge is 0.355 e. The van der Waals surface area contributed by atoms with E-state index < -0.39 is 24.1 Å². The van der Waals surface area contributed by atoms with Gasteiger partial charge < -0.3 is 29.4 Å². The van der Waals surface area contributed by atoms with Gasteiger partial charge in [-0.2, -0.15) is 0 Å². The third-order valence-electron chi connectivity index (χ3n) is 3.51. The molecule has 0 aliphatic carbocycles. The first-order valence-corrected chi connectivity index (χ1v) is 10.9. The Kier molecular flexibility index (Phi) is 20.0. The lowest BCUT2D eigenvalue weighted by molar-refractivity contribution is -0.143. The maximum absolute atomic E-state index is 11.8. The van der Waals surface area contributed by atoms with Crippen LogP contribution in [0.25, 0.3) is 0 Å². The molecule has 1 aliphatic heterocycles. The SMILES string of the molecule is C=CC(=O)OCCCC.C=COC(C)=O.CCOC(=O)C(=CC(=O)OCC(C)O)N1CCNC1=O. The van der Waals surface area contributed by atoms with Crippen molar-refractivity contribution in [1.29, 1.82) is 0 Å². The number of carbonyl (C=O) groups excluding carboxylic acids is 5. The maximum atomic E-state index is 11.8. The molecular weight excluding hydrogens is 464 g/mol. The summed E-state index contributed by atoms with van der Waals surface area (Å²) in [6, 6.07) is -0.479. The van der Waals surface area contributed by atoms with Crippen LogP contribution in [-0.4, -0.2) is 78.9 Å². The Labute approximate surface area is 205 Å². The van der Waals surface area contributed by atoms with Gasteiger partial charge in [-0.25, -0.2) is 19.2 Å². The van der Waals surface area contributed by atoms with Crippen molar-refractivity contribution in [2.75, 3.05) is 32.9 Å². The molecule has 0 spiro atoms. The minimum absolute atomic E-state index is 0.119. The molecule has 12 nitrogen and oxygen atoms in total. The van der Waals surface area contributed by atoms with Crippen molar-refractivity contribution in [1.82, 2.24) is 10.2 Å². The normalized spacial score (nSPS) is 12.9. The zero-order valence-electron chi connectivity index (χ0n) is 20.7.